The molecule has 0 unspecified atom stereocenters. The van der Waals surface area contributed by atoms with Crippen molar-refractivity contribution in [3.05, 3.63) is 34.4 Å². The highest BCUT2D eigenvalue weighted by atomic mass is 16.4. The second-order valence-corrected chi connectivity index (χ2v) is 4.05. The fraction of sp³-hybridized carbons (Fsp3) is 0.385. The predicted molar refractivity (Wildman–Crippen MR) is 61.9 cm³/mol. The average molecular weight is 220 g/mol. The highest BCUT2D eigenvalue weighted by Crippen LogP contribution is 2.17. The summed E-state index contributed by atoms with van der Waals surface area (Å²) in [6.07, 6.45) is -0.0396. The Bertz CT molecular complexity index is 410. The third-order valence-electron chi connectivity index (χ3n) is 2.81. The van der Waals surface area contributed by atoms with Crippen LogP contribution in [0, 0.1) is 20.8 Å². The van der Waals surface area contributed by atoms with Crippen LogP contribution < -0.4 is 0 Å². The van der Waals surface area contributed by atoms with E-state index in [0.717, 1.165) is 11.1 Å². The summed E-state index contributed by atoms with van der Waals surface area (Å²) in [6.45, 7) is 5.92. The lowest BCUT2D eigenvalue weighted by Crippen LogP contribution is -2.05. The molecule has 1 aromatic rings. The van der Waals surface area contributed by atoms with Gasteiger partial charge in [0.1, 0.15) is 0 Å². The van der Waals surface area contributed by atoms with Gasteiger partial charge in [0.2, 0.25) is 0 Å². The van der Waals surface area contributed by atoms with Crippen molar-refractivity contribution >= 4 is 11.8 Å². The van der Waals surface area contributed by atoms with E-state index in [9.17, 15) is 9.59 Å². The molecule has 1 rings (SSSR count). The normalized spacial score (nSPS) is 10.2. The highest BCUT2D eigenvalue weighted by molar-refractivity contribution is 5.97. The van der Waals surface area contributed by atoms with Gasteiger partial charge in [0, 0.05) is 12.0 Å². The second-order valence-electron chi connectivity index (χ2n) is 4.05. The number of benzene rings is 1. The van der Waals surface area contributed by atoms with Gasteiger partial charge in [-0.25, -0.2) is 0 Å². The van der Waals surface area contributed by atoms with Gasteiger partial charge in [-0.3, -0.25) is 9.59 Å². The number of Topliss-reactive ketones (excluding diaryl/α,β-unsaturated/α-hetero) is 1. The second kappa shape index (κ2) is 4.92. The molecule has 0 aliphatic carbocycles. The molecule has 86 valence electrons. The molecule has 0 saturated heterocycles. The third kappa shape index (κ3) is 2.92. The lowest BCUT2D eigenvalue weighted by atomic mass is 9.97. The van der Waals surface area contributed by atoms with Crippen LogP contribution in [-0.2, 0) is 4.79 Å². The van der Waals surface area contributed by atoms with Crippen LogP contribution >= 0.6 is 0 Å². The van der Waals surface area contributed by atoms with E-state index in [0.29, 0.717) is 5.56 Å². The Morgan fingerprint density at radius 2 is 1.56 bits per heavy atom. The van der Waals surface area contributed by atoms with Crippen LogP contribution in [0.5, 0.6) is 0 Å². The first-order valence-corrected chi connectivity index (χ1v) is 5.24. The molecule has 3 heteroatoms. The van der Waals surface area contributed by atoms with Crippen LogP contribution in [0.4, 0.5) is 0 Å². The van der Waals surface area contributed by atoms with Crippen molar-refractivity contribution < 1.29 is 14.7 Å². The summed E-state index contributed by atoms with van der Waals surface area (Å²) in [6, 6.07) is 3.65. The van der Waals surface area contributed by atoms with E-state index < -0.39 is 5.97 Å². The van der Waals surface area contributed by atoms with Crippen LogP contribution in [0.25, 0.3) is 0 Å². The maximum atomic E-state index is 11.7. The Kier molecular flexibility index (Phi) is 3.82. The van der Waals surface area contributed by atoms with Crippen molar-refractivity contribution in [1.82, 2.24) is 0 Å². The minimum Gasteiger partial charge on any atom is -0.481 e. The molecule has 0 heterocycles. The number of aliphatic carboxylic acids is 1. The number of carboxylic acids is 1. The monoisotopic (exact) mass is 220 g/mol. The van der Waals surface area contributed by atoms with Gasteiger partial charge < -0.3 is 5.11 Å². The zero-order valence-electron chi connectivity index (χ0n) is 9.83. The number of rotatable bonds is 4. The van der Waals surface area contributed by atoms with E-state index in [2.05, 4.69) is 0 Å². The van der Waals surface area contributed by atoms with Gasteiger partial charge in [-0.2, -0.15) is 0 Å². The summed E-state index contributed by atoms with van der Waals surface area (Å²) in [4.78, 5) is 22.1. The lowest BCUT2D eigenvalue weighted by Gasteiger charge is -2.07. The molecular weight excluding hydrogens is 204 g/mol. The van der Waals surface area contributed by atoms with Gasteiger partial charge in [0.15, 0.2) is 5.78 Å². The third-order valence-corrected chi connectivity index (χ3v) is 2.81. The molecule has 0 aliphatic heterocycles. The summed E-state index contributed by atoms with van der Waals surface area (Å²) in [5, 5.41) is 8.51. The average Bonchev–Trinajstić information content (AvgIpc) is 2.21. The Morgan fingerprint density at radius 3 is 2.00 bits per heavy atom. The van der Waals surface area contributed by atoms with Gasteiger partial charge in [-0.05, 0) is 49.6 Å². The van der Waals surface area contributed by atoms with E-state index >= 15 is 0 Å². The fourth-order valence-corrected chi connectivity index (χ4v) is 1.56. The van der Waals surface area contributed by atoms with E-state index in [1.807, 2.05) is 32.9 Å². The smallest absolute Gasteiger partial charge is 0.303 e. The number of hydrogen-bond acceptors (Lipinski definition) is 2. The van der Waals surface area contributed by atoms with Crippen molar-refractivity contribution in [2.24, 2.45) is 0 Å². The van der Waals surface area contributed by atoms with Gasteiger partial charge in [0.25, 0.3) is 0 Å². The predicted octanol–water partition coefficient (Wildman–Crippen LogP) is 2.66. The van der Waals surface area contributed by atoms with E-state index in [4.69, 9.17) is 5.11 Å². The van der Waals surface area contributed by atoms with E-state index in [1.165, 1.54) is 5.56 Å². The van der Waals surface area contributed by atoms with Crippen LogP contribution in [0.15, 0.2) is 12.1 Å². The molecule has 0 bridgehead atoms. The number of carbonyl (C=O) groups is 2. The standard InChI is InChI=1S/C13H16O3/c1-8-6-11(7-9(2)10(8)3)12(14)4-5-13(15)16/h6-7H,4-5H2,1-3H3,(H,15,16). The molecule has 0 spiro atoms. The van der Waals surface area contributed by atoms with Crippen molar-refractivity contribution in [3.8, 4) is 0 Å². The quantitative estimate of drug-likeness (QED) is 0.793. The van der Waals surface area contributed by atoms with Gasteiger partial charge in [-0.1, -0.05) is 0 Å². The summed E-state index contributed by atoms with van der Waals surface area (Å²) in [7, 11) is 0. The molecule has 0 aromatic heterocycles. The molecule has 0 atom stereocenters. The van der Waals surface area contributed by atoms with Gasteiger partial charge in [0.05, 0.1) is 6.42 Å². The van der Waals surface area contributed by atoms with E-state index in [1.54, 1.807) is 0 Å². The van der Waals surface area contributed by atoms with Crippen molar-refractivity contribution in [3.63, 3.8) is 0 Å². The summed E-state index contributed by atoms with van der Waals surface area (Å²) < 4.78 is 0. The van der Waals surface area contributed by atoms with Crippen molar-refractivity contribution in [1.29, 1.82) is 0 Å². The number of aryl methyl sites for hydroxylation is 2. The Hall–Kier alpha value is -1.64. The first-order chi connectivity index (χ1) is 7.41. The van der Waals surface area contributed by atoms with Gasteiger partial charge in [-0.15, -0.1) is 0 Å². The first-order valence-electron chi connectivity index (χ1n) is 5.24. The van der Waals surface area contributed by atoms with Gasteiger partial charge >= 0.3 is 5.97 Å². The molecule has 16 heavy (non-hydrogen) atoms. The Balaban J connectivity index is 2.88. The number of carboxylic acid groups (broad SMARTS) is 1. The number of hydrogen-bond donors (Lipinski definition) is 1. The van der Waals surface area contributed by atoms with Crippen LogP contribution in [-0.4, -0.2) is 16.9 Å². The van der Waals surface area contributed by atoms with Crippen LogP contribution in [0.1, 0.15) is 39.9 Å². The van der Waals surface area contributed by atoms with Crippen molar-refractivity contribution in [2.75, 3.05) is 0 Å². The molecule has 0 aliphatic rings. The minimum absolute atomic E-state index is 0.0667. The molecule has 0 radical (unpaired) electrons. The maximum Gasteiger partial charge on any atom is 0.303 e. The summed E-state index contributed by atoms with van der Waals surface area (Å²) in [5.74, 6) is -1.04. The maximum absolute atomic E-state index is 11.7. The van der Waals surface area contributed by atoms with Crippen molar-refractivity contribution in [2.45, 2.75) is 33.6 Å². The number of ketones is 1. The molecular formula is C13H16O3. The number of carbonyl (C=O) groups excluding carboxylic acids is 1. The Labute approximate surface area is 95.1 Å². The van der Waals surface area contributed by atoms with Crippen LogP contribution in [0.3, 0.4) is 0 Å². The molecule has 3 nitrogen and oxygen atoms in total. The topological polar surface area (TPSA) is 54.4 Å². The first kappa shape index (κ1) is 12.4. The molecule has 1 N–H and O–H groups in total. The minimum atomic E-state index is -0.936. The molecule has 1 aromatic carbocycles. The molecule has 0 amide bonds. The largest absolute Gasteiger partial charge is 0.481 e. The SMILES string of the molecule is Cc1cc(C(=O)CCC(=O)O)cc(C)c1C. The zero-order valence-corrected chi connectivity index (χ0v) is 9.83. The fourth-order valence-electron chi connectivity index (χ4n) is 1.56. The summed E-state index contributed by atoms with van der Waals surface area (Å²) in [5.41, 5.74) is 3.92. The lowest BCUT2D eigenvalue weighted by molar-refractivity contribution is -0.136. The Morgan fingerprint density at radius 1 is 1.06 bits per heavy atom. The zero-order chi connectivity index (χ0) is 12.3. The van der Waals surface area contributed by atoms with E-state index in [-0.39, 0.29) is 18.6 Å². The molecule has 0 saturated carbocycles. The molecule has 0 fully saturated rings. The highest BCUT2D eigenvalue weighted by Gasteiger charge is 2.10. The summed E-state index contributed by atoms with van der Waals surface area (Å²) >= 11 is 0. The van der Waals surface area contributed by atoms with Crippen LogP contribution in [0.2, 0.25) is 0 Å².